The Labute approximate surface area is 267 Å². The number of benzene rings is 2. The molecule has 0 spiro atoms. The highest BCUT2D eigenvalue weighted by molar-refractivity contribution is 6.06. The van der Waals surface area contributed by atoms with Crippen LogP contribution in [0.5, 0.6) is 11.5 Å². The molecule has 0 N–H and O–H groups in total. The molecule has 8 rings (SSSR count). The molecule has 0 unspecified atom stereocenters. The summed E-state index contributed by atoms with van der Waals surface area (Å²) in [5.74, 6) is 3.83. The van der Waals surface area contributed by atoms with Gasteiger partial charge in [-0.2, -0.15) is 0 Å². The summed E-state index contributed by atoms with van der Waals surface area (Å²) in [7, 11) is 3.38. The lowest BCUT2D eigenvalue weighted by molar-refractivity contribution is 0.387. The lowest BCUT2D eigenvalue weighted by Crippen LogP contribution is -2.23. The van der Waals surface area contributed by atoms with Crippen LogP contribution in [0.25, 0.3) is 33.5 Å². The molecular weight excluding hydrogens is 576 g/mol. The van der Waals surface area contributed by atoms with Crippen LogP contribution in [-0.2, 0) is 19.5 Å². The molecule has 0 aliphatic heterocycles. The van der Waals surface area contributed by atoms with Gasteiger partial charge in [0.1, 0.15) is 40.7 Å². The molecule has 232 valence electrons. The molecular formula is C37H36N6O3. The van der Waals surface area contributed by atoms with Gasteiger partial charge in [0.05, 0.1) is 30.9 Å². The molecule has 2 aliphatic carbocycles. The van der Waals surface area contributed by atoms with Crippen LogP contribution in [0.15, 0.2) is 77.7 Å². The number of pyridine rings is 1. The van der Waals surface area contributed by atoms with Crippen LogP contribution in [0.4, 0.5) is 5.82 Å². The van der Waals surface area contributed by atoms with Crippen molar-refractivity contribution in [1.29, 1.82) is 0 Å². The molecule has 0 atom stereocenters. The number of hydrogen-bond acceptors (Lipinski definition) is 8. The van der Waals surface area contributed by atoms with Crippen LogP contribution < -0.4 is 14.4 Å². The fourth-order valence-corrected chi connectivity index (χ4v) is 6.81. The molecule has 4 aromatic heterocycles. The van der Waals surface area contributed by atoms with E-state index in [0.717, 1.165) is 86.3 Å². The molecule has 0 bridgehead atoms. The predicted octanol–water partition coefficient (Wildman–Crippen LogP) is 7.73. The predicted molar refractivity (Wildman–Crippen MR) is 177 cm³/mol. The molecule has 6 aromatic rings. The lowest BCUT2D eigenvalue weighted by atomic mass is 10.0. The molecule has 9 nitrogen and oxygen atoms in total. The summed E-state index contributed by atoms with van der Waals surface area (Å²) in [5, 5.41) is 5.80. The van der Waals surface area contributed by atoms with Crippen molar-refractivity contribution in [2.45, 2.75) is 58.2 Å². The van der Waals surface area contributed by atoms with Gasteiger partial charge in [0, 0.05) is 48.9 Å². The van der Waals surface area contributed by atoms with Gasteiger partial charge in [-0.3, -0.25) is 4.98 Å². The van der Waals surface area contributed by atoms with E-state index in [-0.39, 0.29) is 6.04 Å². The van der Waals surface area contributed by atoms with Gasteiger partial charge in [-0.25, -0.2) is 9.97 Å². The van der Waals surface area contributed by atoms with Crippen LogP contribution in [0.2, 0.25) is 0 Å². The molecule has 2 aliphatic rings. The molecule has 1 fully saturated rings. The molecule has 2 aromatic carbocycles. The highest BCUT2D eigenvalue weighted by Crippen LogP contribution is 2.52. The van der Waals surface area contributed by atoms with Gasteiger partial charge in [0.15, 0.2) is 0 Å². The molecule has 1 saturated carbocycles. The topological polar surface area (TPSA) is 91.3 Å². The van der Waals surface area contributed by atoms with Gasteiger partial charge in [0.25, 0.3) is 0 Å². The second-order valence-corrected chi connectivity index (χ2v) is 12.5. The zero-order valence-electron chi connectivity index (χ0n) is 26.5. The van der Waals surface area contributed by atoms with E-state index in [1.165, 1.54) is 5.56 Å². The van der Waals surface area contributed by atoms with Crippen LogP contribution in [-0.4, -0.2) is 38.9 Å². The number of methoxy groups -OCH3 is 2. The van der Waals surface area contributed by atoms with Crippen LogP contribution in [0.1, 0.15) is 66.8 Å². The fourth-order valence-electron chi connectivity index (χ4n) is 6.81. The third-order valence-corrected chi connectivity index (χ3v) is 9.14. The first-order valence-corrected chi connectivity index (χ1v) is 15.9. The van der Waals surface area contributed by atoms with E-state index in [9.17, 15) is 0 Å². The maximum Gasteiger partial charge on any atom is 0.149 e. The average Bonchev–Trinajstić information content (AvgIpc) is 3.78. The van der Waals surface area contributed by atoms with E-state index in [4.69, 9.17) is 34.1 Å². The summed E-state index contributed by atoms with van der Waals surface area (Å²) in [6, 6.07) is 20.8. The van der Waals surface area contributed by atoms with Crippen molar-refractivity contribution in [1.82, 2.24) is 24.7 Å². The first kappa shape index (κ1) is 28.3. The number of anilines is 1. The zero-order chi connectivity index (χ0) is 31.4. The Balaban J connectivity index is 1.37. The summed E-state index contributed by atoms with van der Waals surface area (Å²) in [4.78, 5) is 17.2. The van der Waals surface area contributed by atoms with Crippen molar-refractivity contribution < 1.29 is 14.0 Å². The van der Waals surface area contributed by atoms with Crippen LogP contribution in [0, 0.1) is 0 Å². The highest BCUT2D eigenvalue weighted by atomic mass is 16.5. The van der Waals surface area contributed by atoms with Crippen molar-refractivity contribution in [3.05, 3.63) is 101 Å². The monoisotopic (exact) mass is 612 g/mol. The standard InChI is InChI=1S/C37H36N6O3/c1-22(2)43-29-18-26-6-5-17-38-33(26)32-34(41-46-35(32)25-11-12-25)30(29)31-36(39-21-40-37(31)43)42(19-23-7-13-27(44-3)14-8-23)20-24-9-15-28(45-4)16-10-24/h5-10,13-17,21-22,25H,11-12,18-20H2,1-4H3. The van der Waals surface area contributed by atoms with Gasteiger partial charge in [-0.1, -0.05) is 35.5 Å². The maximum atomic E-state index is 6.19. The zero-order valence-corrected chi connectivity index (χ0v) is 26.5. The molecule has 46 heavy (non-hydrogen) atoms. The summed E-state index contributed by atoms with van der Waals surface area (Å²) in [5.41, 5.74) is 9.37. The molecule has 0 radical (unpaired) electrons. The molecule has 0 amide bonds. The van der Waals surface area contributed by atoms with E-state index in [1.807, 2.05) is 36.5 Å². The number of hydrogen-bond donors (Lipinski definition) is 0. The normalized spacial score (nSPS) is 13.7. The Morgan fingerprint density at radius 2 is 1.52 bits per heavy atom. The van der Waals surface area contributed by atoms with E-state index < -0.39 is 0 Å². The van der Waals surface area contributed by atoms with Gasteiger partial charge in [-0.15, -0.1) is 0 Å². The van der Waals surface area contributed by atoms with Crippen molar-refractivity contribution in [3.8, 4) is 34.0 Å². The van der Waals surface area contributed by atoms with Crippen molar-refractivity contribution in [3.63, 3.8) is 0 Å². The van der Waals surface area contributed by atoms with E-state index in [1.54, 1.807) is 20.5 Å². The van der Waals surface area contributed by atoms with Crippen molar-refractivity contribution in [2.75, 3.05) is 19.1 Å². The maximum absolute atomic E-state index is 6.19. The summed E-state index contributed by atoms with van der Waals surface area (Å²) < 4.78 is 19.4. The third-order valence-electron chi connectivity index (χ3n) is 9.14. The Morgan fingerprint density at radius 1 is 0.848 bits per heavy atom. The fraction of sp³-hybridized carbons (Fsp3) is 0.297. The lowest BCUT2D eigenvalue weighted by Gasteiger charge is -2.25. The summed E-state index contributed by atoms with van der Waals surface area (Å²) in [6.45, 7) is 5.68. The van der Waals surface area contributed by atoms with Gasteiger partial charge in [-0.05, 0) is 73.7 Å². The minimum Gasteiger partial charge on any atom is -0.497 e. The first-order chi connectivity index (χ1) is 22.5. The number of rotatable bonds is 9. The second kappa shape index (κ2) is 11.3. The average molecular weight is 613 g/mol. The number of ether oxygens (including phenoxy) is 2. The van der Waals surface area contributed by atoms with Gasteiger partial charge >= 0.3 is 0 Å². The SMILES string of the molecule is COc1ccc(CN(Cc2ccc(OC)cc2)c2ncnc3c2c2c(n3C(C)C)Cc3cccnc3-c3c-2noc3C2CC2)cc1. The summed E-state index contributed by atoms with van der Waals surface area (Å²) >= 11 is 0. The molecule has 9 heteroatoms. The van der Waals surface area contributed by atoms with Crippen LogP contribution >= 0.6 is 0 Å². The Bertz CT molecular complexity index is 1990. The molecule has 0 saturated heterocycles. The van der Waals surface area contributed by atoms with Crippen LogP contribution in [0.3, 0.4) is 0 Å². The minimum absolute atomic E-state index is 0.155. The van der Waals surface area contributed by atoms with Crippen molar-refractivity contribution >= 4 is 16.9 Å². The van der Waals surface area contributed by atoms with E-state index in [2.05, 4.69) is 53.6 Å². The third kappa shape index (κ3) is 4.78. The van der Waals surface area contributed by atoms with Crippen molar-refractivity contribution in [2.24, 2.45) is 0 Å². The van der Waals surface area contributed by atoms with Gasteiger partial charge < -0.3 is 23.5 Å². The quantitative estimate of drug-likeness (QED) is 0.164. The van der Waals surface area contributed by atoms with E-state index in [0.29, 0.717) is 25.4 Å². The van der Waals surface area contributed by atoms with Gasteiger partial charge in [0.2, 0.25) is 0 Å². The number of fused-ring (bicyclic) bond motifs is 7. The highest BCUT2D eigenvalue weighted by Gasteiger charge is 2.39. The Kier molecular flexibility index (Phi) is 6.96. The minimum atomic E-state index is 0.155. The first-order valence-electron chi connectivity index (χ1n) is 15.9. The smallest absolute Gasteiger partial charge is 0.149 e. The summed E-state index contributed by atoms with van der Waals surface area (Å²) in [6.07, 6.45) is 6.49. The Morgan fingerprint density at radius 3 is 2.13 bits per heavy atom. The second-order valence-electron chi connectivity index (χ2n) is 12.5. The molecule has 4 heterocycles. The largest absolute Gasteiger partial charge is 0.497 e. The number of nitrogens with zero attached hydrogens (tertiary/aromatic N) is 6. The van der Waals surface area contributed by atoms with E-state index >= 15 is 0 Å². The Hall–Kier alpha value is -5.18. The number of aromatic nitrogens is 5.